The molecule has 0 spiro atoms. The number of aromatic nitrogens is 2. The maximum Gasteiger partial charge on any atom is 0.261 e. The molecule has 2 aromatic rings. The first kappa shape index (κ1) is 14.1. The molecule has 6 nitrogen and oxygen atoms in total. The Hall–Kier alpha value is -2.34. The van der Waals surface area contributed by atoms with Crippen LogP contribution in [0.15, 0.2) is 24.3 Å². The quantitative estimate of drug-likeness (QED) is 0.908. The van der Waals surface area contributed by atoms with Crippen LogP contribution in [0.25, 0.3) is 0 Å². The van der Waals surface area contributed by atoms with Crippen LogP contribution < -0.4 is 10.1 Å². The van der Waals surface area contributed by atoms with Gasteiger partial charge in [-0.1, -0.05) is 11.6 Å². The summed E-state index contributed by atoms with van der Waals surface area (Å²) < 4.78 is 4.99. The SMILES string of the molecule is COc1cc(C)nc(NC(=O)c2cc(Cl)ccc2O)n1. The average Bonchev–Trinajstić information content (AvgIpc) is 2.40. The van der Waals surface area contributed by atoms with Crippen molar-refractivity contribution in [2.45, 2.75) is 6.92 Å². The van der Waals surface area contributed by atoms with Crippen LogP contribution in [0.4, 0.5) is 5.95 Å². The topological polar surface area (TPSA) is 84.3 Å². The minimum absolute atomic E-state index is 0.0431. The zero-order chi connectivity index (χ0) is 14.7. The molecule has 2 N–H and O–H groups in total. The van der Waals surface area contributed by atoms with Crippen molar-refractivity contribution in [1.82, 2.24) is 9.97 Å². The molecule has 0 aliphatic carbocycles. The monoisotopic (exact) mass is 293 g/mol. The van der Waals surface area contributed by atoms with Crippen molar-refractivity contribution in [1.29, 1.82) is 0 Å². The Balaban J connectivity index is 2.27. The van der Waals surface area contributed by atoms with Crippen LogP contribution in [0.3, 0.4) is 0 Å². The molecule has 1 heterocycles. The van der Waals surface area contributed by atoms with Gasteiger partial charge in [0, 0.05) is 16.8 Å². The number of amides is 1. The Morgan fingerprint density at radius 3 is 2.80 bits per heavy atom. The molecule has 7 heteroatoms. The number of aromatic hydroxyl groups is 1. The minimum atomic E-state index is -0.558. The molecule has 0 unspecified atom stereocenters. The third-order valence-corrected chi connectivity index (χ3v) is 2.70. The van der Waals surface area contributed by atoms with Crippen molar-refractivity contribution < 1.29 is 14.6 Å². The first-order chi connectivity index (χ1) is 9.49. The molecule has 0 bridgehead atoms. The van der Waals surface area contributed by atoms with Crippen LogP contribution in [-0.2, 0) is 0 Å². The second-order valence-electron chi connectivity index (χ2n) is 3.99. The number of methoxy groups -OCH3 is 1. The van der Waals surface area contributed by atoms with Gasteiger partial charge < -0.3 is 9.84 Å². The van der Waals surface area contributed by atoms with Crippen molar-refractivity contribution >= 4 is 23.5 Å². The molecule has 0 radical (unpaired) electrons. The number of nitrogens with one attached hydrogen (secondary N) is 1. The van der Waals surface area contributed by atoms with Crippen molar-refractivity contribution in [2.75, 3.05) is 12.4 Å². The average molecular weight is 294 g/mol. The van der Waals surface area contributed by atoms with E-state index in [2.05, 4.69) is 15.3 Å². The van der Waals surface area contributed by atoms with E-state index in [0.29, 0.717) is 16.6 Å². The third kappa shape index (κ3) is 3.16. The first-order valence-electron chi connectivity index (χ1n) is 5.69. The molecule has 0 atom stereocenters. The zero-order valence-electron chi connectivity index (χ0n) is 10.8. The minimum Gasteiger partial charge on any atom is -0.507 e. The number of carbonyl (C=O) groups excluding carboxylic acids is 1. The van der Waals surface area contributed by atoms with Crippen molar-refractivity contribution in [3.8, 4) is 11.6 Å². The lowest BCUT2D eigenvalue weighted by Gasteiger charge is -2.08. The number of ether oxygens (including phenoxy) is 1. The summed E-state index contributed by atoms with van der Waals surface area (Å²) in [6.45, 7) is 1.75. The summed E-state index contributed by atoms with van der Waals surface area (Å²) in [6.07, 6.45) is 0. The number of phenols is 1. The van der Waals surface area contributed by atoms with Crippen LogP contribution in [-0.4, -0.2) is 28.1 Å². The number of anilines is 1. The lowest BCUT2D eigenvalue weighted by molar-refractivity contribution is 0.102. The number of hydrogen-bond acceptors (Lipinski definition) is 5. The Morgan fingerprint density at radius 1 is 1.35 bits per heavy atom. The molecule has 104 valence electrons. The van der Waals surface area contributed by atoms with Gasteiger partial charge in [0.1, 0.15) is 5.75 Å². The van der Waals surface area contributed by atoms with Crippen molar-refractivity contribution in [2.24, 2.45) is 0 Å². The summed E-state index contributed by atoms with van der Waals surface area (Å²) in [5.74, 6) is -0.307. The summed E-state index contributed by atoms with van der Waals surface area (Å²) in [4.78, 5) is 20.1. The van der Waals surface area contributed by atoms with Gasteiger partial charge in [-0.2, -0.15) is 4.98 Å². The summed E-state index contributed by atoms with van der Waals surface area (Å²) in [7, 11) is 1.47. The molecule has 1 aromatic carbocycles. The predicted molar refractivity (Wildman–Crippen MR) is 74.4 cm³/mol. The van der Waals surface area contributed by atoms with Gasteiger partial charge in [0.2, 0.25) is 11.8 Å². The molecule has 0 saturated carbocycles. The fourth-order valence-electron chi connectivity index (χ4n) is 1.56. The number of phenolic OH excluding ortho intramolecular Hbond substituents is 1. The number of carbonyl (C=O) groups is 1. The fourth-order valence-corrected chi connectivity index (χ4v) is 1.73. The smallest absolute Gasteiger partial charge is 0.261 e. The third-order valence-electron chi connectivity index (χ3n) is 2.47. The molecule has 0 aliphatic rings. The van der Waals surface area contributed by atoms with E-state index in [0.717, 1.165) is 0 Å². The van der Waals surface area contributed by atoms with Gasteiger partial charge in [-0.25, -0.2) is 4.98 Å². The van der Waals surface area contributed by atoms with Gasteiger partial charge in [-0.05, 0) is 25.1 Å². The summed E-state index contributed by atoms with van der Waals surface area (Å²) in [5.41, 5.74) is 0.684. The van der Waals surface area contributed by atoms with Gasteiger partial charge in [0.05, 0.1) is 12.7 Å². The van der Waals surface area contributed by atoms with E-state index >= 15 is 0 Å². The van der Waals surface area contributed by atoms with Crippen LogP contribution in [0, 0.1) is 6.92 Å². The maximum atomic E-state index is 12.0. The number of aryl methyl sites for hydroxylation is 1. The second kappa shape index (κ2) is 5.75. The Bertz CT molecular complexity index is 661. The summed E-state index contributed by atoms with van der Waals surface area (Å²) in [6, 6.07) is 5.82. The molecule has 20 heavy (non-hydrogen) atoms. The van der Waals surface area contributed by atoms with Crippen molar-refractivity contribution in [3.05, 3.63) is 40.5 Å². The van der Waals surface area contributed by atoms with E-state index in [1.165, 1.54) is 25.3 Å². The van der Waals surface area contributed by atoms with E-state index in [9.17, 15) is 9.90 Å². The van der Waals surface area contributed by atoms with E-state index in [-0.39, 0.29) is 17.3 Å². The highest BCUT2D eigenvalue weighted by Gasteiger charge is 2.14. The lowest BCUT2D eigenvalue weighted by Crippen LogP contribution is -2.15. The number of benzene rings is 1. The molecular weight excluding hydrogens is 282 g/mol. The van der Waals surface area contributed by atoms with Crippen molar-refractivity contribution in [3.63, 3.8) is 0 Å². The fraction of sp³-hybridized carbons (Fsp3) is 0.154. The molecule has 0 saturated heterocycles. The number of rotatable bonds is 3. The van der Waals surface area contributed by atoms with E-state index in [4.69, 9.17) is 16.3 Å². The zero-order valence-corrected chi connectivity index (χ0v) is 11.6. The maximum absolute atomic E-state index is 12.0. The first-order valence-corrected chi connectivity index (χ1v) is 6.07. The predicted octanol–water partition coefficient (Wildman–Crippen LogP) is 2.40. The highest BCUT2D eigenvalue weighted by molar-refractivity contribution is 6.31. The molecule has 2 rings (SSSR count). The Kier molecular flexibility index (Phi) is 4.05. The Labute approximate surface area is 120 Å². The Morgan fingerprint density at radius 2 is 2.10 bits per heavy atom. The highest BCUT2D eigenvalue weighted by atomic mass is 35.5. The van der Waals surface area contributed by atoms with E-state index in [1.54, 1.807) is 13.0 Å². The largest absolute Gasteiger partial charge is 0.507 e. The number of halogens is 1. The van der Waals surface area contributed by atoms with Crippen LogP contribution in [0.5, 0.6) is 11.6 Å². The van der Waals surface area contributed by atoms with Gasteiger partial charge in [-0.3, -0.25) is 10.1 Å². The van der Waals surface area contributed by atoms with Crippen LogP contribution >= 0.6 is 11.6 Å². The highest BCUT2D eigenvalue weighted by Crippen LogP contribution is 2.22. The molecule has 1 amide bonds. The normalized spacial score (nSPS) is 10.2. The molecular formula is C13H12ClN3O3. The molecule has 0 aliphatic heterocycles. The second-order valence-corrected chi connectivity index (χ2v) is 4.43. The number of hydrogen-bond donors (Lipinski definition) is 2. The van der Waals surface area contributed by atoms with E-state index in [1.807, 2.05) is 0 Å². The van der Waals surface area contributed by atoms with Gasteiger partial charge in [0.25, 0.3) is 5.91 Å². The van der Waals surface area contributed by atoms with Gasteiger partial charge in [-0.15, -0.1) is 0 Å². The van der Waals surface area contributed by atoms with Crippen LogP contribution in [0.2, 0.25) is 5.02 Å². The van der Waals surface area contributed by atoms with Gasteiger partial charge in [0.15, 0.2) is 0 Å². The summed E-state index contributed by atoms with van der Waals surface area (Å²) in [5, 5.41) is 12.5. The standard InChI is InChI=1S/C13H12ClN3O3/c1-7-5-11(20-2)16-13(15-7)17-12(19)9-6-8(14)3-4-10(9)18/h3-6,18H,1-2H3,(H,15,16,17,19). The molecule has 1 aromatic heterocycles. The van der Waals surface area contributed by atoms with Gasteiger partial charge >= 0.3 is 0 Å². The summed E-state index contributed by atoms with van der Waals surface area (Å²) >= 11 is 5.79. The molecule has 0 fully saturated rings. The van der Waals surface area contributed by atoms with E-state index < -0.39 is 5.91 Å². The number of nitrogens with zero attached hydrogens (tertiary/aromatic N) is 2. The van der Waals surface area contributed by atoms with Crippen LogP contribution in [0.1, 0.15) is 16.1 Å². The lowest BCUT2D eigenvalue weighted by atomic mass is 10.2.